The molecule has 0 aliphatic rings. The second-order valence-corrected chi connectivity index (χ2v) is 6.19. The Kier molecular flexibility index (Phi) is 5.38. The summed E-state index contributed by atoms with van der Waals surface area (Å²) in [6, 6.07) is 5.69. The number of amides is 1. The Balaban J connectivity index is 3.15. The van der Waals surface area contributed by atoms with Gasteiger partial charge in [-0.3, -0.25) is 9.10 Å². The van der Waals surface area contributed by atoms with Crippen LogP contribution < -0.4 is 14.4 Å². The van der Waals surface area contributed by atoms with Crippen LogP contribution in [0.25, 0.3) is 0 Å². The van der Waals surface area contributed by atoms with Gasteiger partial charge in [0.1, 0.15) is 11.8 Å². The molecule has 0 aromatic heterocycles. The first kappa shape index (κ1) is 16.3. The molecular formula is C13H20N2O4S. The molecule has 20 heavy (non-hydrogen) atoms. The van der Waals surface area contributed by atoms with Gasteiger partial charge in [-0.25, -0.2) is 8.42 Å². The number of likely N-dealkylation sites (N-methyl/N-ethyl adjacent to an activating group) is 1. The fourth-order valence-corrected chi connectivity index (χ4v) is 3.03. The number of hydrogen-bond donors (Lipinski definition) is 1. The average Bonchev–Trinajstić information content (AvgIpc) is 2.38. The maximum atomic E-state index is 12.0. The monoisotopic (exact) mass is 300 g/mol. The van der Waals surface area contributed by atoms with Crippen molar-refractivity contribution in [1.29, 1.82) is 0 Å². The van der Waals surface area contributed by atoms with E-state index in [1.807, 2.05) is 0 Å². The summed E-state index contributed by atoms with van der Waals surface area (Å²) in [5.41, 5.74) is 0.423. The number of rotatable bonds is 6. The number of anilines is 1. The van der Waals surface area contributed by atoms with E-state index < -0.39 is 16.1 Å². The zero-order chi connectivity index (χ0) is 15.3. The number of carbonyl (C=O) groups excluding carboxylic acids is 1. The number of nitrogens with zero attached hydrogens (tertiary/aromatic N) is 1. The fourth-order valence-electron chi connectivity index (χ4n) is 1.86. The van der Waals surface area contributed by atoms with E-state index in [2.05, 4.69) is 5.32 Å². The van der Waals surface area contributed by atoms with Gasteiger partial charge in [-0.05, 0) is 38.1 Å². The Morgan fingerprint density at radius 1 is 1.35 bits per heavy atom. The lowest BCUT2D eigenvalue weighted by atomic mass is 10.2. The van der Waals surface area contributed by atoms with Crippen LogP contribution in [0.4, 0.5) is 5.69 Å². The van der Waals surface area contributed by atoms with E-state index >= 15 is 0 Å². The molecule has 0 saturated heterocycles. The van der Waals surface area contributed by atoms with Gasteiger partial charge in [-0.2, -0.15) is 0 Å². The Labute approximate surface area is 119 Å². The molecule has 1 amide bonds. The second kappa shape index (κ2) is 6.60. The highest BCUT2D eigenvalue weighted by Crippen LogP contribution is 2.23. The average molecular weight is 300 g/mol. The first-order chi connectivity index (χ1) is 9.31. The molecule has 7 heteroatoms. The van der Waals surface area contributed by atoms with Crippen molar-refractivity contribution in [1.82, 2.24) is 5.32 Å². The minimum atomic E-state index is -3.57. The van der Waals surface area contributed by atoms with Crippen molar-refractivity contribution in [2.45, 2.75) is 19.9 Å². The van der Waals surface area contributed by atoms with Gasteiger partial charge < -0.3 is 10.1 Å². The van der Waals surface area contributed by atoms with Crippen LogP contribution in [-0.4, -0.2) is 40.3 Å². The maximum absolute atomic E-state index is 12.0. The molecule has 0 radical (unpaired) electrons. The van der Waals surface area contributed by atoms with Crippen LogP contribution in [0.2, 0.25) is 0 Å². The first-order valence-electron chi connectivity index (χ1n) is 6.22. The molecule has 0 saturated carbocycles. The third-order valence-electron chi connectivity index (χ3n) is 2.77. The molecule has 1 rings (SSSR count). The van der Waals surface area contributed by atoms with Gasteiger partial charge in [-0.1, -0.05) is 0 Å². The predicted octanol–water partition coefficient (Wildman–Crippen LogP) is 0.986. The summed E-state index contributed by atoms with van der Waals surface area (Å²) in [5.74, 6) is 0.279. The summed E-state index contributed by atoms with van der Waals surface area (Å²) in [6.07, 6.45) is 1.08. The molecule has 0 aliphatic heterocycles. The van der Waals surface area contributed by atoms with Crippen molar-refractivity contribution in [2.24, 2.45) is 0 Å². The highest BCUT2D eigenvalue weighted by Gasteiger charge is 2.28. The smallest absolute Gasteiger partial charge is 0.243 e. The molecule has 6 nitrogen and oxygen atoms in total. The number of nitrogens with one attached hydrogen (secondary N) is 1. The van der Waals surface area contributed by atoms with Gasteiger partial charge in [0.05, 0.1) is 19.1 Å². The third kappa shape index (κ3) is 3.86. The number of sulfonamides is 1. The third-order valence-corrected chi connectivity index (χ3v) is 4.01. The Morgan fingerprint density at radius 3 is 2.30 bits per heavy atom. The van der Waals surface area contributed by atoms with Gasteiger partial charge in [0, 0.05) is 6.54 Å². The molecule has 0 aliphatic carbocycles. The molecule has 1 atom stereocenters. The van der Waals surface area contributed by atoms with Gasteiger partial charge in [0.25, 0.3) is 0 Å². The molecule has 1 aromatic carbocycles. The van der Waals surface area contributed by atoms with E-state index in [1.54, 1.807) is 38.1 Å². The van der Waals surface area contributed by atoms with E-state index in [4.69, 9.17) is 4.74 Å². The van der Waals surface area contributed by atoms with Gasteiger partial charge in [0.2, 0.25) is 15.9 Å². The van der Waals surface area contributed by atoms with Crippen molar-refractivity contribution in [3.8, 4) is 5.75 Å². The molecule has 0 spiro atoms. The Morgan fingerprint density at radius 2 is 1.90 bits per heavy atom. The van der Waals surface area contributed by atoms with Crippen molar-refractivity contribution < 1.29 is 17.9 Å². The Bertz CT molecular complexity index is 554. The van der Waals surface area contributed by atoms with Crippen LogP contribution in [0.5, 0.6) is 5.75 Å². The van der Waals surface area contributed by atoms with Gasteiger partial charge in [0.15, 0.2) is 0 Å². The highest BCUT2D eigenvalue weighted by molar-refractivity contribution is 7.92. The SMILES string of the molecule is CCNC(=O)[C@H](C)N(c1ccc(OC)cc1)S(C)(=O)=O. The van der Waals surface area contributed by atoms with Gasteiger partial charge >= 0.3 is 0 Å². The van der Waals surface area contributed by atoms with Crippen LogP contribution in [0.15, 0.2) is 24.3 Å². The molecule has 0 unspecified atom stereocenters. The molecule has 112 valence electrons. The van der Waals surface area contributed by atoms with E-state index in [-0.39, 0.29) is 5.91 Å². The zero-order valence-corrected chi connectivity index (χ0v) is 12.9. The number of benzene rings is 1. The zero-order valence-electron chi connectivity index (χ0n) is 12.1. The lowest BCUT2D eigenvalue weighted by Crippen LogP contribution is -2.47. The minimum absolute atomic E-state index is 0.339. The standard InChI is InChI=1S/C13H20N2O4S/c1-5-14-13(16)10(2)15(20(4,17)18)11-6-8-12(19-3)9-7-11/h6-10H,5H2,1-4H3,(H,14,16)/t10-/m0/s1. The van der Waals surface area contributed by atoms with Crippen LogP contribution in [0.3, 0.4) is 0 Å². The number of methoxy groups -OCH3 is 1. The summed E-state index contributed by atoms with van der Waals surface area (Å²) in [7, 11) is -2.04. The van der Waals surface area contributed by atoms with Crippen molar-refractivity contribution in [3.05, 3.63) is 24.3 Å². The van der Waals surface area contributed by atoms with Crippen molar-refractivity contribution in [3.63, 3.8) is 0 Å². The Hall–Kier alpha value is -1.76. The molecule has 0 fully saturated rings. The molecule has 0 heterocycles. The van der Waals surface area contributed by atoms with Crippen LogP contribution in [0, 0.1) is 0 Å². The largest absolute Gasteiger partial charge is 0.497 e. The molecule has 1 aromatic rings. The summed E-state index contributed by atoms with van der Waals surface area (Å²) in [6.45, 7) is 3.78. The maximum Gasteiger partial charge on any atom is 0.243 e. The lowest BCUT2D eigenvalue weighted by Gasteiger charge is -2.28. The van der Waals surface area contributed by atoms with E-state index in [1.165, 1.54) is 7.11 Å². The van der Waals surface area contributed by atoms with Crippen molar-refractivity contribution >= 4 is 21.6 Å². The topological polar surface area (TPSA) is 75.7 Å². The van der Waals surface area contributed by atoms with E-state index in [9.17, 15) is 13.2 Å². The number of hydrogen-bond acceptors (Lipinski definition) is 4. The number of ether oxygens (including phenoxy) is 1. The summed E-state index contributed by atoms with van der Waals surface area (Å²) >= 11 is 0. The van der Waals surface area contributed by atoms with Crippen LogP contribution >= 0.6 is 0 Å². The van der Waals surface area contributed by atoms with Crippen molar-refractivity contribution in [2.75, 3.05) is 24.2 Å². The minimum Gasteiger partial charge on any atom is -0.497 e. The quantitative estimate of drug-likeness (QED) is 0.850. The first-order valence-corrected chi connectivity index (χ1v) is 8.07. The van der Waals surface area contributed by atoms with E-state index in [0.29, 0.717) is 18.0 Å². The second-order valence-electron chi connectivity index (χ2n) is 4.33. The summed E-state index contributed by atoms with van der Waals surface area (Å²) < 4.78 is 30.0. The van der Waals surface area contributed by atoms with E-state index in [0.717, 1.165) is 10.6 Å². The highest BCUT2D eigenvalue weighted by atomic mass is 32.2. The predicted molar refractivity (Wildman–Crippen MR) is 78.5 cm³/mol. The van der Waals surface area contributed by atoms with Crippen LogP contribution in [-0.2, 0) is 14.8 Å². The van der Waals surface area contributed by atoms with Crippen LogP contribution in [0.1, 0.15) is 13.8 Å². The summed E-state index contributed by atoms with van der Waals surface area (Å²) in [4.78, 5) is 11.9. The molecular weight excluding hydrogens is 280 g/mol. The molecule has 0 bridgehead atoms. The fraction of sp³-hybridized carbons (Fsp3) is 0.462. The molecule has 1 N–H and O–H groups in total. The lowest BCUT2D eigenvalue weighted by molar-refractivity contribution is -0.121. The number of carbonyl (C=O) groups is 1. The normalized spacial score (nSPS) is 12.6. The van der Waals surface area contributed by atoms with Gasteiger partial charge in [-0.15, -0.1) is 0 Å². The summed E-state index contributed by atoms with van der Waals surface area (Å²) in [5, 5.41) is 2.62.